The minimum absolute atomic E-state index is 0.394. The quantitative estimate of drug-likeness (QED) is 0.891. The molecular formula is C14H21BrN2. The van der Waals surface area contributed by atoms with Gasteiger partial charge < -0.3 is 10.2 Å². The molecule has 0 bridgehead atoms. The first-order valence-corrected chi connectivity index (χ1v) is 7.20. The first-order chi connectivity index (χ1) is 8.17. The second-order valence-corrected chi connectivity index (χ2v) is 5.65. The van der Waals surface area contributed by atoms with Gasteiger partial charge in [0.25, 0.3) is 0 Å². The second kappa shape index (κ2) is 5.40. The number of benzene rings is 1. The van der Waals surface area contributed by atoms with E-state index >= 15 is 0 Å². The van der Waals surface area contributed by atoms with Gasteiger partial charge in [-0.3, -0.25) is 0 Å². The minimum atomic E-state index is 0.394. The lowest BCUT2D eigenvalue weighted by molar-refractivity contribution is 0.647. The number of hydrogen-bond donors (Lipinski definition) is 1. The third-order valence-electron chi connectivity index (χ3n) is 3.53. The van der Waals surface area contributed by atoms with Crippen molar-refractivity contribution in [2.75, 3.05) is 18.5 Å². The van der Waals surface area contributed by atoms with Gasteiger partial charge in [-0.15, -0.1) is 0 Å². The fourth-order valence-corrected chi connectivity index (χ4v) is 2.65. The van der Waals surface area contributed by atoms with Crippen molar-refractivity contribution in [2.24, 2.45) is 0 Å². The van der Waals surface area contributed by atoms with E-state index in [9.17, 15) is 0 Å². The van der Waals surface area contributed by atoms with Crippen LogP contribution in [0.15, 0.2) is 22.7 Å². The van der Waals surface area contributed by atoms with E-state index in [4.69, 9.17) is 0 Å². The number of anilines is 1. The number of rotatable bonds is 5. The molecule has 94 valence electrons. The monoisotopic (exact) mass is 296 g/mol. The SMILES string of the molecule is CCN(c1cc(Br)ccc1C(C)NC)C1CC1. The zero-order chi connectivity index (χ0) is 12.4. The summed E-state index contributed by atoms with van der Waals surface area (Å²) in [5.74, 6) is 0. The van der Waals surface area contributed by atoms with Crippen LogP contribution in [0.5, 0.6) is 0 Å². The molecular weight excluding hydrogens is 276 g/mol. The van der Waals surface area contributed by atoms with Crippen LogP contribution in [0.4, 0.5) is 5.69 Å². The molecule has 0 amide bonds. The van der Waals surface area contributed by atoms with Gasteiger partial charge in [0.1, 0.15) is 0 Å². The van der Waals surface area contributed by atoms with Gasteiger partial charge in [0.2, 0.25) is 0 Å². The van der Waals surface area contributed by atoms with Crippen LogP contribution in [0.3, 0.4) is 0 Å². The maximum Gasteiger partial charge on any atom is 0.0428 e. The predicted octanol–water partition coefficient (Wildman–Crippen LogP) is 3.72. The van der Waals surface area contributed by atoms with E-state index < -0.39 is 0 Å². The molecule has 1 saturated carbocycles. The Kier molecular flexibility index (Phi) is 4.10. The zero-order valence-electron chi connectivity index (χ0n) is 10.8. The molecule has 1 aromatic carbocycles. The summed E-state index contributed by atoms with van der Waals surface area (Å²) < 4.78 is 1.17. The fourth-order valence-electron chi connectivity index (χ4n) is 2.30. The molecule has 2 rings (SSSR count). The van der Waals surface area contributed by atoms with Gasteiger partial charge in [-0.25, -0.2) is 0 Å². The van der Waals surface area contributed by atoms with Crippen LogP contribution in [0.25, 0.3) is 0 Å². The molecule has 2 nitrogen and oxygen atoms in total. The lowest BCUT2D eigenvalue weighted by Gasteiger charge is -2.28. The van der Waals surface area contributed by atoms with E-state index in [-0.39, 0.29) is 0 Å². The highest BCUT2D eigenvalue weighted by Crippen LogP contribution is 2.36. The molecule has 0 spiro atoms. The Labute approximate surface area is 113 Å². The summed E-state index contributed by atoms with van der Waals surface area (Å²) in [4.78, 5) is 2.54. The Morgan fingerprint density at radius 2 is 2.18 bits per heavy atom. The Balaban J connectivity index is 2.37. The first-order valence-electron chi connectivity index (χ1n) is 6.40. The topological polar surface area (TPSA) is 15.3 Å². The minimum Gasteiger partial charge on any atom is -0.369 e. The van der Waals surface area contributed by atoms with Gasteiger partial charge in [0, 0.05) is 28.8 Å². The van der Waals surface area contributed by atoms with Crippen molar-refractivity contribution in [1.82, 2.24) is 5.32 Å². The highest BCUT2D eigenvalue weighted by molar-refractivity contribution is 9.10. The van der Waals surface area contributed by atoms with Crippen LogP contribution in [0.2, 0.25) is 0 Å². The maximum atomic E-state index is 3.59. The van der Waals surface area contributed by atoms with Crippen LogP contribution >= 0.6 is 15.9 Å². The average Bonchev–Trinajstić information content (AvgIpc) is 3.14. The summed E-state index contributed by atoms with van der Waals surface area (Å²) in [6, 6.07) is 7.77. The van der Waals surface area contributed by atoms with Crippen molar-refractivity contribution in [3.05, 3.63) is 28.2 Å². The van der Waals surface area contributed by atoms with Crippen molar-refractivity contribution in [3.63, 3.8) is 0 Å². The second-order valence-electron chi connectivity index (χ2n) is 4.73. The maximum absolute atomic E-state index is 3.59. The van der Waals surface area contributed by atoms with Gasteiger partial charge in [-0.05, 0) is 51.4 Å². The fraction of sp³-hybridized carbons (Fsp3) is 0.571. The molecule has 0 aliphatic heterocycles. The highest BCUT2D eigenvalue weighted by atomic mass is 79.9. The van der Waals surface area contributed by atoms with Gasteiger partial charge in [0.05, 0.1) is 0 Å². The van der Waals surface area contributed by atoms with Crippen LogP contribution in [-0.2, 0) is 0 Å². The molecule has 1 unspecified atom stereocenters. The summed E-state index contributed by atoms with van der Waals surface area (Å²) >= 11 is 3.59. The van der Waals surface area contributed by atoms with E-state index in [0.717, 1.165) is 12.6 Å². The molecule has 1 aromatic rings. The first kappa shape index (κ1) is 12.9. The lowest BCUT2D eigenvalue weighted by Crippen LogP contribution is -2.27. The van der Waals surface area contributed by atoms with Crippen LogP contribution < -0.4 is 10.2 Å². The summed E-state index contributed by atoms with van der Waals surface area (Å²) in [6.07, 6.45) is 2.68. The molecule has 1 atom stereocenters. The summed E-state index contributed by atoms with van der Waals surface area (Å²) in [6.45, 7) is 5.55. The van der Waals surface area contributed by atoms with Crippen molar-refractivity contribution < 1.29 is 0 Å². The number of halogens is 1. The largest absolute Gasteiger partial charge is 0.369 e. The Morgan fingerprint density at radius 3 is 2.71 bits per heavy atom. The van der Waals surface area contributed by atoms with E-state index in [1.807, 2.05) is 7.05 Å². The lowest BCUT2D eigenvalue weighted by atomic mass is 10.1. The van der Waals surface area contributed by atoms with Gasteiger partial charge in [0.15, 0.2) is 0 Å². The standard InChI is InChI=1S/C14H21BrN2/c1-4-17(12-6-7-12)14-9-11(15)5-8-13(14)10(2)16-3/h5,8-10,12,16H,4,6-7H2,1-3H3. The normalized spacial score (nSPS) is 16.9. The van der Waals surface area contributed by atoms with Crippen molar-refractivity contribution in [1.29, 1.82) is 0 Å². The third kappa shape index (κ3) is 2.83. The van der Waals surface area contributed by atoms with E-state index in [1.54, 1.807) is 0 Å². The Morgan fingerprint density at radius 1 is 1.47 bits per heavy atom. The summed E-state index contributed by atoms with van der Waals surface area (Å²) in [7, 11) is 2.02. The van der Waals surface area contributed by atoms with Gasteiger partial charge >= 0.3 is 0 Å². The van der Waals surface area contributed by atoms with Crippen LogP contribution in [0, 0.1) is 0 Å². The van der Waals surface area contributed by atoms with Gasteiger partial charge in [-0.2, -0.15) is 0 Å². The summed E-state index contributed by atoms with van der Waals surface area (Å²) in [5, 5.41) is 3.34. The molecule has 0 aromatic heterocycles. The molecule has 17 heavy (non-hydrogen) atoms. The zero-order valence-corrected chi connectivity index (χ0v) is 12.4. The van der Waals surface area contributed by atoms with E-state index in [2.05, 4.69) is 58.2 Å². The van der Waals surface area contributed by atoms with E-state index in [1.165, 1.54) is 28.6 Å². The summed E-state index contributed by atoms with van der Waals surface area (Å²) in [5.41, 5.74) is 2.77. The number of hydrogen-bond acceptors (Lipinski definition) is 2. The average molecular weight is 297 g/mol. The van der Waals surface area contributed by atoms with Gasteiger partial charge in [-0.1, -0.05) is 22.0 Å². The molecule has 3 heteroatoms. The molecule has 0 radical (unpaired) electrons. The Hall–Kier alpha value is -0.540. The van der Waals surface area contributed by atoms with Crippen LogP contribution in [-0.4, -0.2) is 19.6 Å². The van der Waals surface area contributed by atoms with E-state index in [0.29, 0.717) is 6.04 Å². The number of nitrogens with one attached hydrogen (secondary N) is 1. The van der Waals surface area contributed by atoms with Crippen molar-refractivity contribution in [3.8, 4) is 0 Å². The molecule has 1 aliphatic rings. The van der Waals surface area contributed by atoms with Crippen LogP contribution in [0.1, 0.15) is 38.3 Å². The molecule has 0 saturated heterocycles. The smallest absolute Gasteiger partial charge is 0.0428 e. The highest BCUT2D eigenvalue weighted by Gasteiger charge is 2.29. The third-order valence-corrected chi connectivity index (χ3v) is 4.02. The molecule has 0 heterocycles. The van der Waals surface area contributed by atoms with Crippen molar-refractivity contribution in [2.45, 2.75) is 38.8 Å². The Bertz CT molecular complexity index is 388. The molecule has 1 fully saturated rings. The predicted molar refractivity (Wildman–Crippen MR) is 77.7 cm³/mol. The van der Waals surface area contributed by atoms with Crippen molar-refractivity contribution >= 4 is 21.6 Å². The molecule has 1 aliphatic carbocycles. The number of nitrogens with zero attached hydrogens (tertiary/aromatic N) is 1. The molecule has 1 N–H and O–H groups in total.